The van der Waals surface area contributed by atoms with Gasteiger partial charge in [-0.2, -0.15) is 5.10 Å². The van der Waals surface area contributed by atoms with E-state index in [1.165, 1.54) is 12.4 Å². The molecule has 0 bridgehead atoms. The van der Waals surface area contributed by atoms with Gasteiger partial charge in [-0.15, -0.1) is 0 Å². The largest absolute Gasteiger partial charge is 0.383 e. The fraction of sp³-hybridized carbons (Fsp3) is 0.143. The Morgan fingerprint density at radius 2 is 2.30 bits per heavy atom. The Morgan fingerprint density at radius 1 is 1.48 bits per heavy atom. The quantitative estimate of drug-likeness (QED) is 0.481. The van der Waals surface area contributed by atoms with Gasteiger partial charge in [-0.1, -0.05) is 6.58 Å². The lowest BCUT2D eigenvalue weighted by Gasteiger charge is -2.03. The lowest BCUT2D eigenvalue weighted by Crippen LogP contribution is -2.09. The zero-order valence-electron chi connectivity index (χ0n) is 12.0. The minimum absolute atomic E-state index is 0.170. The molecule has 1 aliphatic rings. The van der Waals surface area contributed by atoms with Gasteiger partial charge in [0.15, 0.2) is 5.65 Å². The number of hydrogen-bond donors (Lipinski definition) is 2. The molecule has 9 heteroatoms. The van der Waals surface area contributed by atoms with E-state index in [-0.39, 0.29) is 5.91 Å². The molecule has 116 valence electrons. The summed E-state index contributed by atoms with van der Waals surface area (Å²) < 4.78 is 4.01. The van der Waals surface area contributed by atoms with Crippen LogP contribution in [0.25, 0.3) is 16.7 Å². The molecule has 0 fully saturated rings. The van der Waals surface area contributed by atoms with Gasteiger partial charge < -0.3 is 11.1 Å². The van der Waals surface area contributed by atoms with E-state index in [9.17, 15) is 4.79 Å². The van der Waals surface area contributed by atoms with Crippen molar-refractivity contribution in [3.05, 3.63) is 34.6 Å². The van der Waals surface area contributed by atoms with Crippen molar-refractivity contribution in [2.45, 2.75) is 6.42 Å². The van der Waals surface area contributed by atoms with E-state index in [0.29, 0.717) is 20.6 Å². The Morgan fingerprint density at radius 3 is 3.09 bits per heavy atom. The lowest BCUT2D eigenvalue weighted by atomic mass is 10.3. The number of aromatic nitrogens is 5. The summed E-state index contributed by atoms with van der Waals surface area (Å²) in [6.45, 7) is 4.33. The first-order chi connectivity index (χ1) is 11.1. The predicted octanol–water partition coefficient (Wildman–Crippen LogP) is 1.60. The van der Waals surface area contributed by atoms with Crippen molar-refractivity contribution in [1.82, 2.24) is 24.3 Å². The van der Waals surface area contributed by atoms with E-state index in [4.69, 9.17) is 5.73 Å². The molecule has 8 nitrogen and oxygen atoms in total. The minimum atomic E-state index is -0.170. The summed E-state index contributed by atoms with van der Waals surface area (Å²) in [5.74, 6) is 0.216. The van der Waals surface area contributed by atoms with Gasteiger partial charge in [-0.25, -0.2) is 14.6 Å². The molecule has 0 saturated carbocycles. The Hall–Kier alpha value is -2.43. The maximum atomic E-state index is 12.1. The first kappa shape index (κ1) is 14.2. The van der Waals surface area contributed by atoms with Crippen molar-refractivity contribution in [2.24, 2.45) is 0 Å². The number of nitrogen functional groups attached to an aromatic ring is 1. The third-order valence-corrected chi connectivity index (χ3v) is 4.60. The SMILES string of the molecule is C=CC(=O)n1cc(-n2nc(I)c3c(N)ncnc32)c2c1CCN2. The molecule has 3 aromatic rings. The van der Waals surface area contributed by atoms with Crippen LogP contribution in [0.4, 0.5) is 11.5 Å². The molecule has 1 aliphatic heterocycles. The van der Waals surface area contributed by atoms with E-state index < -0.39 is 0 Å². The smallest absolute Gasteiger partial charge is 0.254 e. The molecule has 23 heavy (non-hydrogen) atoms. The lowest BCUT2D eigenvalue weighted by molar-refractivity contribution is 0.0967. The Kier molecular flexibility index (Phi) is 3.11. The highest BCUT2D eigenvalue weighted by atomic mass is 127. The highest BCUT2D eigenvalue weighted by molar-refractivity contribution is 14.1. The summed E-state index contributed by atoms with van der Waals surface area (Å²) in [5, 5.41) is 8.55. The van der Waals surface area contributed by atoms with Gasteiger partial charge in [0.1, 0.15) is 21.5 Å². The molecule has 3 N–H and O–H groups in total. The number of nitrogens with zero attached hydrogens (tertiary/aromatic N) is 5. The summed E-state index contributed by atoms with van der Waals surface area (Å²) in [6.07, 6.45) is 5.23. The van der Waals surface area contributed by atoms with Crippen LogP contribution in [0.15, 0.2) is 25.2 Å². The molecular formula is C14H12IN7O. The van der Waals surface area contributed by atoms with Crippen LogP contribution in [0.2, 0.25) is 0 Å². The van der Waals surface area contributed by atoms with E-state index in [1.54, 1.807) is 15.4 Å². The number of nitrogens with two attached hydrogens (primary N) is 1. The van der Waals surface area contributed by atoms with Gasteiger partial charge in [-0.3, -0.25) is 9.36 Å². The zero-order valence-corrected chi connectivity index (χ0v) is 14.1. The number of fused-ring (bicyclic) bond motifs is 2. The van der Waals surface area contributed by atoms with E-state index in [1.807, 2.05) is 0 Å². The normalized spacial score (nSPS) is 13.1. The zero-order chi connectivity index (χ0) is 16.1. The molecule has 0 atom stereocenters. The van der Waals surface area contributed by atoms with Crippen molar-refractivity contribution >= 4 is 51.0 Å². The first-order valence-electron chi connectivity index (χ1n) is 6.91. The van der Waals surface area contributed by atoms with Crippen molar-refractivity contribution in [3.8, 4) is 5.69 Å². The fourth-order valence-electron chi connectivity index (χ4n) is 2.83. The standard InChI is InChI=1S/C14H12IN7O/c1-2-9(23)21-5-8(11-7(21)3-4-17-11)22-14-10(12(15)20-22)13(16)18-6-19-14/h2,5-6,17H,1,3-4H2,(H2,16,18,19). The monoisotopic (exact) mass is 421 g/mol. The summed E-state index contributed by atoms with van der Waals surface area (Å²) in [4.78, 5) is 20.4. The highest BCUT2D eigenvalue weighted by Crippen LogP contribution is 2.34. The van der Waals surface area contributed by atoms with Crippen molar-refractivity contribution in [2.75, 3.05) is 17.6 Å². The molecule has 0 saturated heterocycles. The molecule has 4 heterocycles. The van der Waals surface area contributed by atoms with Crippen LogP contribution in [0.1, 0.15) is 10.5 Å². The fourth-order valence-corrected chi connectivity index (χ4v) is 3.57. The van der Waals surface area contributed by atoms with Crippen LogP contribution in [0, 0.1) is 3.70 Å². The van der Waals surface area contributed by atoms with Gasteiger partial charge in [-0.05, 0) is 28.7 Å². The number of carbonyl (C=O) groups is 1. The van der Waals surface area contributed by atoms with Crippen LogP contribution in [0.5, 0.6) is 0 Å². The van der Waals surface area contributed by atoms with E-state index in [2.05, 4.69) is 49.6 Å². The van der Waals surface area contributed by atoms with Gasteiger partial charge in [0.25, 0.3) is 5.91 Å². The van der Waals surface area contributed by atoms with Crippen molar-refractivity contribution in [1.29, 1.82) is 0 Å². The van der Waals surface area contributed by atoms with Gasteiger partial charge in [0.05, 0.1) is 16.8 Å². The third kappa shape index (κ3) is 1.96. The first-order valence-corrected chi connectivity index (χ1v) is 7.99. The molecule has 0 spiro atoms. The van der Waals surface area contributed by atoms with Crippen LogP contribution in [0.3, 0.4) is 0 Å². The van der Waals surface area contributed by atoms with Crippen molar-refractivity contribution in [3.63, 3.8) is 0 Å². The van der Waals surface area contributed by atoms with Gasteiger partial charge >= 0.3 is 0 Å². The second kappa shape index (κ2) is 5.05. The highest BCUT2D eigenvalue weighted by Gasteiger charge is 2.26. The van der Waals surface area contributed by atoms with Crippen LogP contribution >= 0.6 is 22.6 Å². The van der Waals surface area contributed by atoms with Gasteiger partial charge in [0, 0.05) is 19.2 Å². The third-order valence-electron chi connectivity index (χ3n) is 3.84. The van der Waals surface area contributed by atoms with Crippen molar-refractivity contribution < 1.29 is 4.79 Å². The topological polar surface area (TPSA) is 104 Å². The summed E-state index contributed by atoms with van der Waals surface area (Å²) in [6, 6.07) is 0. The predicted molar refractivity (Wildman–Crippen MR) is 94.8 cm³/mol. The molecule has 0 unspecified atom stereocenters. The molecule has 0 amide bonds. The number of halogens is 1. The van der Waals surface area contributed by atoms with Gasteiger partial charge in [0.2, 0.25) is 0 Å². The average molecular weight is 421 g/mol. The summed E-state index contributed by atoms with van der Waals surface area (Å²) in [7, 11) is 0. The van der Waals surface area contributed by atoms with E-state index in [0.717, 1.165) is 30.0 Å². The number of anilines is 2. The second-order valence-corrected chi connectivity index (χ2v) is 6.11. The summed E-state index contributed by atoms with van der Waals surface area (Å²) >= 11 is 2.10. The average Bonchev–Trinajstić information content (AvgIpc) is 3.21. The summed E-state index contributed by atoms with van der Waals surface area (Å²) in [5.41, 5.74) is 9.12. The molecular weight excluding hydrogens is 409 g/mol. The Balaban J connectivity index is 2.01. The van der Waals surface area contributed by atoms with Crippen LogP contribution in [-0.2, 0) is 6.42 Å². The number of allylic oxidation sites excluding steroid dienone is 1. The maximum Gasteiger partial charge on any atom is 0.254 e. The second-order valence-electron chi connectivity index (χ2n) is 5.09. The van der Waals surface area contributed by atoms with Crippen LogP contribution < -0.4 is 11.1 Å². The molecule has 0 radical (unpaired) electrons. The number of carbonyl (C=O) groups excluding carboxylic acids is 1. The van der Waals surface area contributed by atoms with Crippen LogP contribution in [-0.4, -0.2) is 36.8 Å². The molecule has 0 aromatic carbocycles. The Bertz CT molecular complexity index is 971. The Labute approximate surface area is 144 Å². The molecule has 3 aromatic heterocycles. The molecule has 4 rings (SSSR count). The van der Waals surface area contributed by atoms with E-state index >= 15 is 0 Å². The minimum Gasteiger partial charge on any atom is -0.383 e. The molecule has 0 aliphatic carbocycles. The number of hydrogen-bond acceptors (Lipinski definition) is 6. The maximum absolute atomic E-state index is 12.1. The number of nitrogens with one attached hydrogen (secondary N) is 1. The number of rotatable bonds is 2.